The zero-order chi connectivity index (χ0) is 16.6. The van der Waals surface area contributed by atoms with Crippen molar-refractivity contribution in [3.8, 4) is 0 Å². The minimum absolute atomic E-state index is 0.349. The lowest BCUT2D eigenvalue weighted by atomic mass is 9.96. The number of amides is 1. The van der Waals surface area contributed by atoms with Crippen molar-refractivity contribution in [3.05, 3.63) is 12.2 Å². The molecule has 0 radical (unpaired) electrons. The Morgan fingerprint density at radius 3 is 2.64 bits per heavy atom. The minimum Gasteiger partial charge on any atom is -0.444 e. The molecule has 126 valence electrons. The summed E-state index contributed by atoms with van der Waals surface area (Å²) in [6.07, 6.45) is 1.96. The Balaban J connectivity index is 2.25. The fourth-order valence-electron chi connectivity index (χ4n) is 1.92. The van der Waals surface area contributed by atoms with Crippen LogP contribution in [0.1, 0.15) is 40.4 Å². The summed E-state index contributed by atoms with van der Waals surface area (Å²) in [7, 11) is 0. The molecule has 1 amide bonds. The number of aromatic amines is 1. The highest BCUT2D eigenvalue weighted by molar-refractivity contribution is 5.67. The van der Waals surface area contributed by atoms with Crippen LogP contribution in [0.2, 0.25) is 0 Å². The van der Waals surface area contributed by atoms with Gasteiger partial charge in [-0.05, 0) is 39.2 Å². The molecule has 0 aromatic carbocycles. The normalized spacial score (nSPS) is 13.2. The third-order valence-electron chi connectivity index (χ3n) is 3.26. The summed E-state index contributed by atoms with van der Waals surface area (Å²) in [5.74, 6) is 1.69. The van der Waals surface area contributed by atoms with Gasteiger partial charge in [0.25, 0.3) is 0 Å². The van der Waals surface area contributed by atoms with Gasteiger partial charge in [0.05, 0.1) is 0 Å². The van der Waals surface area contributed by atoms with E-state index >= 15 is 0 Å². The van der Waals surface area contributed by atoms with Crippen LogP contribution >= 0.6 is 0 Å². The Bertz CT molecular complexity index is 426. The number of H-pyrrole nitrogens is 1. The molecular formula is C15H29N5O2. The van der Waals surface area contributed by atoms with E-state index in [4.69, 9.17) is 4.74 Å². The average Bonchev–Trinajstić information content (AvgIpc) is 2.88. The Kier molecular flexibility index (Phi) is 7.31. The number of alkyl carbamates (subject to hydrolysis) is 1. The average molecular weight is 311 g/mol. The van der Waals surface area contributed by atoms with Gasteiger partial charge in [0, 0.05) is 19.5 Å². The van der Waals surface area contributed by atoms with Gasteiger partial charge in [-0.1, -0.05) is 13.8 Å². The Labute approximate surface area is 132 Å². The molecule has 1 unspecified atom stereocenters. The first kappa shape index (κ1) is 18.4. The predicted molar refractivity (Wildman–Crippen MR) is 85.5 cm³/mol. The summed E-state index contributed by atoms with van der Waals surface area (Å²) in [5, 5.41) is 12.9. The SMILES string of the molecule is CC(C)C(CNCCc1ncn[nH]1)CNC(=O)OC(C)(C)C. The van der Waals surface area contributed by atoms with Gasteiger partial charge in [0.15, 0.2) is 0 Å². The second-order valence-corrected chi connectivity index (χ2v) is 6.77. The minimum atomic E-state index is -0.466. The van der Waals surface area contributed by atoms with E-state index in [9.17, 15) is 4.79 Å². The predicted octanol–water partition coefficient (Wildman–Crippen LogP) is 1.73. The molecule has 1 aromatic heterocycles. The highest BCUT2D eigenvalue weighted by Gasteiger charge is 2.18. The molecule has 0 spiro atoms. The van der Waals surface area contributed by atoms with Gasteiger partial charge in [0.2, 0.25) is 0 Å². The molecule has 22 heavy (non-hydrogen) atoms. The van der Waals surface area contributed by atoms with Crippen molar-refractivity contribution in [1.82, 2.24) is 25.8 Å². The molecule has 1 rings (SSSR count). The summed E-state index contributed by atoms with van der Waals surface area (Å²) in [6, 6.07) is 0. The third kappa shape index (κ3) is 7.97. The van der Waals surface area contributed by atoms with Gasteiger partial charge in [-0.15, -0.1) is 0 Å². The van der Waals surface area contributed by atoms with Crippen molar-refractivity contribution < 1.29 is 9.53 Å². The second kappa shape index (κ2) is 8.73. The van der Waals surface area contributed by atoms with E-state index in [0.717, 1.165) is 25.3 Å². The van der Waals surface area contributed by atoms with Gasteiger partial charge < -0.3 is 15.4 Å². The molecule has 3 N–H and O–H groups in total. The maximum atomic E-state index is 11.7. The van der Waals surface area contributed by atoms with Gasteiger partial charge in [-0.25, -0.2) is 9.78 Å². The summed E-state index contributed by atoms with van der Waals surface area (Å²) in [4.78, 5) is 15.8. The van der Waals surface area contributed by atoms with Crippen LogP contribution < -0.4 is 10.6 Å². The molecule has 7 nitrogen and oxygen atoms in total. The van der Waals surface area contributed by atoms with Crippen molar-refractivity contribution in [3.63, 3.8) is 0 Å². The second-order valence-electron chi connectivity index (χ2n) is 6.77. The fourth-order valence-corrected chi connectivity index (χ4v) is 1.92. The van der Waals surface area contributed by atoms with Crippen LogP contribution in [0.25, 0.3) is 0 Å². The number of nitrogens with zero attached hydrogens (tertiary/aromatic N) is 2. The number of carbonyl (C=O) groups excluding carboxylic acids is 1. The summed E-state index contributed by atoms with van der Waals surface area (Å²) >= 11 is 0. The van der Waals surface area contributed by atoms with E-state index in [0.29, 0.717) is 18.4 Å². The Morgan fingerprint density at radius 2 is 2.09 bits per heavy atom. The van der Waals surface area contributed by atoms with Crippen LogP contribution in [0.15, 0.2) is 6.33 Å². The van der Waals surface area contributed by atoms with Crippen molar-refractivity contribution in [2.75, 3.05) is 19.6 Å². The van der Waals surface area contributed by atoms with Crippen molar-refractivity contribution in [2.24, 2.45) is 11.8 Å². The smallest absolute Gasteiger partial charge is 0.407 e. The third-order valence-corrected chi connectivity index (χ3v) is 3.26. The first-order valence-corrected chi connectivity index (χ1v) is 7.79. The summed E-state index contributed by atoms with van der Waals surface area (Å²) in [6.45, 7) is 12.1. The molecule has 0 saturated carbocycles. The highest BCUT2D eigenvalue weighted by Crippen LogP contribution is 2.10. The standard InChI is InChI=1S/C15H29N5O2/c1-11(2)12(9-17-14(21)22-15(3,4)5)8-16-7-6-13-18-10-19-20-13/h10-12,16H,6-9H2,1-5H3,(H,17,21)(H,18,19,20). The van der Waals surface area contributed by atoms with E-state index in [-0.39, 0.29) is 6.09 Å². The lowest BCUT2D eigenvalue weighted by Crippen LogP contribution is -2.39. The van der Waals surface area contributed by atoms with Crippen molar-refractivity contribution in [2.45, 2.75) is 46.6 Å². The number of ether oxygens (including phenoxy) is 1. The number of aromatic nitrogens is 3. The van der Waals surface area contributed by atoms with Crippen molar-refractivity contribution >= 4 is 6.09 Å². The Hall–Kier alpha value is -1.63. The van der Waals surface area contributed by atoms with E-state index < -0.39 is 5.60 Å². The molecule has 0 bridgehead atoms. The zero-order valence-corrected chi connectivity index (χ0v) is 14.3. The fraction of sp³-hybridized carbons (Fsp3) is 0.800. The number of hydrogen-bond donors (Lipinski definition) is 3. The number of rotatable bonds is 8. The van der Waals surface area contributed by atoms with E-state index in [1.807, 2.05) is 20.8 Å². The number of carbonyl (C=O) groups is 1. The number of nitrogens with one attached hydrogen (secondary N) is 3. The van der Waals surface area contributed by atoms with Crippen LogP contribution in [0.3, 0.4) is 0 Å². The van der Waals surface area contributed by atoms with Gasteiger partial charge in [-0.3, -0.25) is 5.10 Å². The first-order chi connectivity index (χ1) is 10.3. The zero-order valence-electron chi connectivity index (χ0n) is 14.3. The van der Waals surface area contributed by atoms with Gasteiger partial charge in [0.1, 0.15) is 17.8 Å². The van der Waals surface area contributed by atoms with E-state index in [1.54, 1.807) is 0 Å². The molecule has 1 heterocycles. The van der Waals surface area contributed by atoms with E-state index in [2.05, 4.69) is 39.7 Å². The van der Waals surface area contributed by atoms with Crippen LogP contribution in [0.5, 0.6) is 0 Å². The molecule has 1 atom stereocenters. The van der Waals surface area contributed by atoms with Gasteiger partial charge in [-0.2, -0.15) is 5.10 Å². The molecule has 0 aliphatic heterocycles. The largest absolute Gasteiger partial charge is 0.444 e. The maximum absolute atomic E-state index is 11.7. The summed E-state index contributed by atoms with van der Waals surface area (Å²) < 4.78 is 5.25. The van der Waals surface area contributed by atoms with Crippen LogP contribution in [-0.2, 0) is 11.2 Å². The molecule has 0 aliphatic carbocycles. The van der Waals surface area contributed by atoms with Crippen LogP contribution in [-0.4, -0.2) is 46.5 Å². The molecule has 7 heteroatoms. The maximum Gasteiger partial charge on any atom is 0.407 e. The Morgan fingerprint density at radius 1 is 1.36 bits per heavy atom. The summed E-state index contributed by atoms with van der Waals surface area (Å²) in [5.41, 5.74) is -0.466. The monoisotopic (exact) mass is 311 g/mol. The quantitative estimate of drug-likeness (QED) is 0.636. The molecule has 0 fully saturated rings. The molecule has 1 aromatic rings. The highest BCUT2D eigenvalue weighted by atomic mass is 16.6. The first-order valence-electron chi connectivity index (χ1n) is 7.79. The lowest BCUT2D eigenvalue weighted by Gasteiger charge is -2.24. The topological polar surface area (TPSA) is 91.9 Å². The lowest BCUT2D eigenvalue weighted by molar-refractivity contribution is 0.0515. The van der Waals surface area contributed by atoms with Crippen LogP contribution in [0.4, 0.5) is 4.79 Å². The van der Waals surface area contributed by atoms with Crippen molar-refractivity contribution in [1.29, 1.82) is 0 Å². The number of hydrogen-bond acceptors (Lipinski definition) is 5. The molecule has 0 aliphatic rings. The van der Waals surface area contributed by atoms with E-state index in [1.165, 1.54) is 6.33 Å². The van der Waals surface area contributed by atoms with Crippen LogP contribution in [0, 0.1) is 11.8 Å². The van der Waals surface area contributed by atoms with Gasteiger partial charge >= 0.3 is 6.09 Å². The molecule has 0 saturated heterocycles. The molecular weight excluding hydrogens is 282 g/mol.